The Kier molecular flexibility index (Phi) is 4.84. The largest absolute Gasteiger partial charge is 0.336 e. The van der Waals surface area contributed by atoms with Gasteiger partial charge in [0.2, 0.25) is 0 Å². The zero-order valence-electron chi connectivity index (χ0n) is 15.2. The van der Waals surface area contributed by atoms with Crippen LogP contribution in [0.15, 0.2) is 48.5 Å². The van der Waals surface area contributed by atoms with E-state index in [0.717, 1.165) is 18.5 Å². The summed E-state index contributed by atoms with van der Waals surface area (Å²) in [6, 6.07) is 13.7. The van der Waals surface area contributed by atoms with Crippen LogP contribution in [0, 0.1) is 0 Å². The van der Waals surface area contributed by atoms with Crippen LogP contribution in [0.4, 0.5) is 26.7 Å². The van der Waals surface area contributed by atoms with E-state index in [4.69, 9.17) is 0 Å². The minimum atomic E-state index is -0.267. The van der Waals surface area contributed by atoms with Crippen molar-refractivity contribution in [3.63, 3.8) is 0 Å². The first-order valence-corrected chi connectivity index (χ1v) is 9.23. The first kappa shape index (κ1) is 17.8. The van der Waals surface area contributed by atoms with Gasteiger partial charge in [0.15, 0.2) is 0 Å². The van der Waals surface area contributed by atoms with Crippen LogP contribution in [0.5, 0.6) is 0 Å². The van der Waals surface area contributed by atoms with Crippen LogP contribution in [0.25, 0.3) is 0 Å². The van der Waals surface area contributed by atoms with Crippen LogP contribution in [-0.2, 0) is 0 Å². The summed E-state index contributed by atoms with van der Waals surface area (Å²) in [7, 11) is 0. The molecule has 4 N–H and O–H groups in total. The number of rotatable bonds is 5. The van der Waals surface area contributed by atoms with Crippen LogP contribution >= 0.6 is 0 Å². The van der Waals surface area contributed by atoms with Gasteiger partial charge in [-0.05, 0) is 55.3 Å². The summed E-state index contributed by atoms with van der Waals surface area (Å²) in [4.78, 5) is 37.7. The number of carbonyl (C=O) groups is 3. The third-order valence-corrected chi connectivity index (χ3v) is 4.59. The lowest BCUT2D eigenvalue weighted by Crippen LogP contribution is -2.30. The molecule has 1 saturated carbocycles. The highest BCUT2D eigenvalue weighted by Gasteiger charge is 2.23. The van der Waals surface area contributed by atoms with E-state index in [1.807, 2.05) is 6.07 Å². The van der Waals surface area contributed by atoms with Gasteiger partial charge in [-0.3, -0.25) is 9.69 Å². The summed E-state index contributed by atoms with van der Waals surface area (Å²) in [6.45, 7) is 1.20. The highest BCUT2D eigenvalue weighted by molar-refractivity contribution is 6.05. The first-order chi connectivity index (χ1) is 13.6. The van der Waals surface area contributed by atoms with Crippen molar-refractivity contribution in [1.82, 2.24) is 10.6 Å². The van der Waals surface area contributed by atoms with E-state index in [1.165, 1.54) is 0 Å². The summed E-state index contributed by atoms with van der Waals surface area (Å²) in [5.41, 5.74) is 2.43. The standard InChI is InChI=1S/C20H21N5O3/c26-18(13-4-6-14(7-5-13)23-19(27)24-15-8-9-15)22-16-2-1-3-17(12-16)25-11-10-21-20(25)28/h1-7,12,15H,8-11H2,(H,21,28)(H,22,26)(H2,23,24,27). The topological polar surface area (TPSA) is 103 Å². The fourth-order valence-electron chi connectivity index (χ4n) is 2.96. The Hall–Kier alpha value is -3.55. The second-order valence-corrected chi connectivity index (χ2v) is 6.84. The third kappa shape index (κ3) is 4.22. The molecule has 2 fully saturated rings. The smallest absolute Gasteiger partial charge is 0.321 e. The number of anilines is 3. The molecule has 5 amide bonds. The highest BCUT2D eigenvalue weighted by atomic mass is 16.2. The van der Waals surface area contributed by atoms with Crippen molar-refractivity contribution < 1.29 is 14.4 Å². The Morgan fingerprint density at radius 3 is 2.46 bits per heavy atom. The molecular formula is C20H21N5O3. The van der Waals surface area contributed by atoms with Crippen molar-refractivity contribution in [2.24, 2.45) is 0 Å². The summed E-state index contributed by atoms with van der Waals surface area (Å²) in [5.74, 6) is -0.267. The SMILES string of the molecule is O=C(Nc1ccc(C(=O)Nc2cccc(N3CCNC3=O)c2)cc1)NC1CC1. The van der Waals surface area contributed by atoms with Gasteiger partial charge in [0.25, 0.3) is 5.91 Å². The highest BCUT2D eigenvalue weighted by Crippen LogP contribution is 2.22. The molecule has 2 aromatic rings. The second-order valence-electron chi connectivity index (χ2n) is 6.84. The van der Waals surface area contributed by atoms with E-state index in [2.05, 4.69) is 21.3 Å². The molecule has 144 valence electrons. The average molecular weight is 379 g/mol. The summed E-state index contributed by atoms with van der Waals surface area (Å²) < 4.78 is 0. The molecule has 1 heterocycles. The number of nitrogens with one attached hydrogen (secondary N) is 4. The number of benzene rings is 2. The van der Waals surface area contributed by atoms with Gasteiger partial charge < -0.3 is 21.3 Å². The summed E-state index contributed by atoms with van der Waals surface area (Å²) in [6.07, 6.45) is 2.05. The first-order valence-electron chi connectivity index (χ1n) is 9.23. The Labute approximate surface area is 162 Å². The van der Waals surface area contributed by atoms with E-state index in [1.54, 1.807) is 47.4 Å². The van der Waals surface area contributed by atoms with Crippen molar-refractivity contribution in [2.45, 2.75) is 18.9 Å². The molecule has 8 heteroatoms. The number of amides is 5. The van der Waals surface area contributed by atoms with Gasteiger partial charge in [-0.2, -0.15) is 0 Å². The minimum absolute atomic E-state index is 0.141. The van der Waals surface area contributed by atoms with Crippen molar-refractivity contribution in [1.29, 1.82) is 0 Å². The molecule has 0 radical (unpaired) electrons. The molecule has 0 unspecified atom stereocenters. The Bertz CT molecular complexity index is 908. The maximum atomic E-state index is 12.5. The molecule has 8 nitrogen and oxygen atoms in total. The molecule has 4 rings (SSSR count). The summed E-state index contributed by atoms with van der Waals surface area (Å²) in [5, 5.41) is 11.2. The molecule has 1 saturated heterocycles. The molecule has 0 atom stereocenters. The van der Waals surface area contributed by atoms with Crippen molar-refractivity contribution in [2.75, 3.05) is 28.6 Å². The van der Waals surface area contributed by atoms with Crippen molar-refractivity contribution in [3.8, 4) is 0 Å². The summed E-state index contributed by atoms with van der Waals surface area (Å²) >= 11 is 0. The third-order valence-electron chi connectivity index (χ3n) is 4.59. The molecule has 28 heavy (non-hydrogen) atoms. The van der Waals surface area contributed by atoms with E-state index in [-0.39, 0.29) is 24.0 Å². The van der Waals surface area contributed by atoms with Crippen LogP contribution in [0.3, 0.4) is 0 Å². The van der Waals surface area contributed by atoms with E-state index >= 15 is 0 Å². The van der Waals surface area contributed by atoms with Crippen LogP contribution < -0.4 is 26.2 Å². The van der Waals surface area contributed by atoms with E-state index < -0.39 is 0 Å². The number of urea groups is 2. The van der Waals surface area contributed by atoms with Gasteiger partial charge >= 0.3 is 12.1 Å². The van der Waals surface area contributed by atoms with Gasteiger partial charge in [0, 0.05) is 41.8 Å². The monoisotopic (exact) mass is 379 g/mol. The number of hydrogen-bond donors (Lipinski definition) is 4. The normalized spacial score (nSPS) is 15.7. The molecular weight excluding hydrogens is 358 g/mol. The lowest BCUT2D eigenvalue weighted by atomic mass is 10.2. The molecule has 0 spiro atoms. The zero-order chi connectivity index (χ0) is 19.5. The fraction of sp³-hybridized carbons (Fsp3) is 0.250. The van der Waals surface area contributed by atoms with Gasteiger partial charge in [0.1, 0.15) is 0 Å². The second kappa shape index (κ2) is 7.59. The maximum Gasteiger partial charge on any atom is 0.321 e. The van der Waals surface area contributed by atoms with Gasteiger partial charge in [-0.15, -0.1) is 0 Å². The number of hydrogen-bond acceptors (Lipinski definition) is 3. The van der Waals surface area contributed by atoms with Gasteiger partial charge in [0.05, 0.1) is 0 Å². The number of carbonyl (C=O) groups excluding carboxylic acids is 3. The van der Waals surface area contributed by atoms with E-state index in [0.29, 0.717) is 30.0 Å². The predicted octanol–water partition coefficient (Wildman–Crippen LogP) is 2.75. The van der Waals surface area contributed by atoms with E-state index in [9.17, 15) is 14.4 Å². The molecule has 1 aliphatic heterocycles. The van der Waals surface area contributed by atoms with Crippen LogP contribution in [0.2, 0.25) is 0 Å². The molecule has 2 aromatic carbocycles. The lowest BCUT2D eigenvalue weighted by molar-refractivity contribution is 0.102. The predicted molar refractivity (Wildman–Crippen MR) is 107 cm³/mol. The Balaban J connectivity index is 1.38. The van der Waals surface area contributed by atoms with Crippen molar-refractivity contribution in [3.05, 3.63) is 54.1 Å². The van der Waals surface area contributed by atoms with Crippen LogP contribution in [0.1, 0.15) is 23.2 Å². The molecule has 1 aliphatic carbocycles. The number of nitrogens with zero attached hydrogens (tertiary/aromatic N) is 1. The minimum Gasteiger partial charge on any atom is -0.336 e. The molecule has 0 bridgehead atoms. The quantitative estimate of drug-likeness (QED) is 0.642. The zero-order valence-corrected chi connectivity index (χ0v) is 15.2. The average Bonchev–Trinajstić information content (AvgIpc) is 3.39. The fourth-order valence-corrected chi connectivity index (χ4v) is 2.96. The van der Waals surface area contributed by atoms with Crippen molar-refractivity contribution >= 4 is 35.0 Å². The van der Waals surface area contributed by atoms with Gasteiger partial charge in [-0.1, -0.05) is 6.07 Å². The molecule has 2 aliphatic rings. The lowest BCUT2D eigenvalue weighted by Gasteiger charge is -2.15. The Morgan fingerprint density at radius 1 is 1.00 bits per heavy atom. The Morgan fingerprint density at radius 2 is 1.79 bits per heavy atom. The maximum absolute atomic E-state index is 12.5. The van der Waals surface area contributed by atoms with Gasteiger partial charge in [-0.25, -0.2) is 9.59 Å². The van der Waals surface area contributed by atoms with Crippen LogP contribution in [-0.4, -0.2) is 37.1 Å². The molecule has 0 aromatic heterocycles.